The van der Waals surface area contributed by atoms with E-state index in [1.807, 2.05) is 0 Å². The van der Waals surface area contributed by atoms with Crippen LogP contribution >= 0.6 is 0 Å². The maximum absolute atomic E-state index is 12.7. The van der Waals surface area contributed by atoms with Gasteiger partial charge in [-0.05, 0) is 35.4 Å². The summed E-state index contributed by atoms with van der Waals surface area (Å²) in [6, 6.07) is 3.28. The molecule has 2 aromatic heterocycles. The number of halogens is 3. The Labute approximate surface area is 106 Å². The van der Waals surface area contributed by atoms with Gasteiger partial charge in [0.15, 0.2) is 11.5 Å². The standard InChI is InChI=1S/C10H11F3N6/c11-10(12,13)7-2-1-5-18(6-7)9-4-3-8-14-16-17-19(8)15-9/h3-4,7H,1-2,5-6H2/t7-/m0/s1. The number of nitrogens with zero attached hydrogens (tertiary/aromatic N) is 6. The van der Waals surface area contributed by atoms with Crippen LogP contribution in [0.2, 0.25) is 0 Å². The van der Waals surface area contributed by atoms with Crippen molar-refractivity contribution in [1.29, 1.82) is 0 Å². The molecule has 0 unspecified atom stereocenters. The van der Waals surface area contributed by atoms with E-state index in [0.717, 1.165) is 0 Å². The summed E-state index contributed by atoms with van der Waals surface area (Å²) in [5.41, 5.74) is 0.466. The number of rotatable bonds is 1. The van der Waals surface area contributed by atoms with E-state index in [1.54, 1.807) is 17.0 Å². The smallest absolute Gasteiger partial charge is 0.355 e. The zero-order valence-electron chi connectivity index (χ0n) is 9.88. The molecule has 0 aliphatic carbocycles. The Balaban J connectivity index is 1.84. The Kier molecular flexibility index (Phi) is 2.76. The summed E-state index contributed by atoms with van der Waals surface area (Å²) in [7, 11) is 0. The summed E-state index contributed by atoms with van der Waals surface area (Å²) in [6.45, 7) is 0.497. The fraction of sp³-hybridized carbons (Fsp3) is 0.600. The first-order valence-electron chi connectivity index (χ1n) is 5.91. The van der Waals surface area contributed by atoms with Crippen LogP contribution in [0.4, 0.5) is 19.0 Å². The average molecular weight is 272 g/mol. The van der Waals surface area contributed by atoms with Crippen LogP contribution in [-0.2, 0) is 0 Å². The molecule has 1 aliphatic heterocycles. The molecule has 2 aromatic rings. The van der Waals surface area contributed by atoms with Gasteiger partial charge in [-0.25, -0.2) is 0 Å². The lowest BCUT2D eigenvalue weighted by Crippen LogP contribution is -2.42. The molecular weight excluding hydrogens is 261 g/mol. The molecule has 1 aliphatic rings. The van der Waals surface area contributed by atoms with E-state index in [2.05, 4.69) is 20.6 Å². The molecule has 9 heteroatoms. The summed E-state index contributed by atoms with van der Waals surface area (Å²) in [5.74, 6) is -0.832. The molecule has 0 spiro atoms. The number of tetrazole rings is 1. The minimum absolute atomic E-state index is 0.0653. The lowest BCUT2D eigenvalue weighted by atomic mass is 9.97. The van der Waals surface area contributed by atoms with Gasteiger partial charge >= 0.3 is 6.18 Å². The lowest BCUT2D eigenvalue weighted by Gasteiger charge is -2.34. The normalized spacial score (nSPS) is 21.0. The van der Waals surface area contributed by atoms with Crippen LogP contribution in [0.3, 0.4) is 0 Å². The Morgan fingerprint density at radius 3 is 2.89 bits per heavy atom. The second kappa shape index (κ2) is 4.32. The van der Waals surface area contributed by atoms with Gasteiger partial charge in [0.05, 0.1) is 5.92 Å². The van der Waals surface area contributed by atoms with Gasteiger partial charge in [0.25, 0.3) is 0 Å². The third-order valence-electron chi connectivity index (χ3n) is 3.26. The molecule has 1 saturated heterocycles. The quantitative estimate of drug-likeness (QED) is 0.783. The van der Waals surface area contributed by atoms with Gasteiger partial charge in [-0.2, -0.15) is 13.2 Å². The molecule has 6 nitrogen and oxygen atoms in total. The first-order chi connectivity index (χ1) is 9.04. The molecule has 0 aromatic carbocycles. The van der Waals surface area contributed by atoms with Gasteiger partial charge in [0, 0.05) is 13.1 Å². The Morgan fingerprint density at radius 2 is 2.11 bits per heavy atom. The number of alkyl halides is 3. The van der Waals surface area contributed by atoms with Crippen molar-refractivity contribution in [2.45, 2.75) is 19.0 Å². The minimum Gasteiger partial charge on any atom is -0.355 e. The van der Waals surface area contributed by atoms with Crippen LogP contribution < -0.4 is 4.90 Å². The zero-order valence-corrected chi connectivity index (χ0v) is 9.88. The van der Waals surface area contributed by atoms with E-state index in [0.29, 0.717) is 24.4 Å². The molecule has 3 rings (SSSR count). The summed E-state index contributed by atoms with van der Waals surface area (Å²) in [5, 5.41) is 14.9. The highest BCUT2D eigenvalue weighted by molar-refractivity contribution is 5.44. The fourth-order valence-electron chi connectivity index (χ4n) is 2.26. The molecule has 3 heterocycles. The SMILES string of the molecule is FC(F)(F)[C@H]1CCCN(c2ccc3nnnn3n2)C1. The van der Waals surface area contributed by atoms with Crippen molar-refractivity contribution in [3.63, 3.8) is 0 Å². The van der Waals surface area contributed by atoms with Crippen molar-refractivity contribution >= 4 is 11.5 Å². The molecule has 1 atom stereocenters. The van der Waals surface area contributed by atoms with Crippen molar-refractivity contribution in [2.75, 3.05) is 18.0 Å². The van der Waals surface area contributed by atoms with Crippen molar-refractivity contribution in [3.05, 3.63) is 12.1 Å². The van der Waals surface area contributed by atoms with Crippen LogP contribution in [0.1, 0.15) is 12.8 Å². The topological polar surface area (TPSA) is 59.2 Å². The summed E-state index contributed by atoms with van der Waals surface area (Å²) < 4.78 is 39.5. The van der Waals surface area contributed by atoms with E-state index in [-0.39, 0.29) is 13.0 Å². The highest BCUT2D eigenvalue weighted by Gasteiger charge is 2.42. The van der Waals surface area contributed by atoms with E-state index in [9.17, 15) is 13.2 Å². The van der Waals surface area contributed by atoms with Gasteiger partial charge in [-0.15, -0.1) is 14.8 Å². The van der Waals surface area contributed by atoms with Crippen molar-refractivity contribution in [1.82, 2.24) is 25.3 Å². The van der Waals surface area contributed by atoms with Crippen LogP contribution in [0.5, 0.6) is 0 Å². The number of fused-ring (bicyclic) bond motifs is 1. The van der Waals surface area contributed by atoms with E-state index < -0.39 is 12.1 Å². The van der Waals surface area contributed by atoms with Crippen LogP contribution in [-0.4, -0.2) is 44.5 Å². The monoisotopic (exact) mass is 272 g/mol. The zero-order chi connectivity index (χ0) is 13.5. The Morgan fingerprint density at radius 1 is 1.26 bits per heavy atom. The highest BCUT2D eigenvalue weighted by atomic mass is 19.4. The molecule has 102 valence electrons. The number of anilines is 1. The third kappa shape index (κ3) is 2.32. The number of piperidine rings is 1. The summed E-state index contributed by atoms with van der Waals surface area (Å²) >= 11 is 0. The third-order valence-corrected chi connectivity index (χ3v) is 3.26. The molecule has 0 bridgehead atoms. The molecular formula is C10H11F3N6. The van der Waals surface area contributed by atoms with Crippen molar-refractivity contribution < 1.29 is 13.2 Å². The van der Waals surface area contributed by atoms with E-state index >= 15 is 0 Å². The molecule has 19 heavy (non-hydrogen) atoms. The first-order valence-corrected chi connectivity index (χ1v) is 5.91. The van der Waals surface area contributed by atoms with Crippen molar-refractivity contribution in [2.24, 2.45) is 5.92 Å². The van der Waals surface area contributed by atoms with Gasteiger partial charge in [0.2, 0.25) is 0 Å². The number of aromatic nitrogens is 5. The lowest BCUT2D eigenvalue weighted by molar-refractivity contribution is -0.176. The highest BCUT2D eigenvalue weighted by Crippen LogP contribution is 2.34. The maximum Gasteiger partial charge on any atom is 0.393 e. The summed E-state index contributed by atoms with van der Waals surface area (Å²) in [4.78, 5) is 1.63. The molecule has 0 saturated carbocycles. The van der Waals surface area contributed by atoms with Crippen molar-refractivity contribution in [3.8, 4) is 0 Å². The maximum atomic E-state index is 12.7. The minimum atomic E-state index is -4.16. The second-order valence-corrected chi connectivity index (χ2v) is 4.54. The van der Waals surface area contributed by atoms with Gasteiger partial charge in [0.1, 0.15) is 0 Å². The largest absolute Gasteiger partial charge is 0.393 e. The van der Waals surface area contributed by atoms with Gasteiger partial charge in [-0.3, -0.25) is 0 Å². The Bertz CT molecular complexity index is 580. The predicted octanol–water partition coefficient (Wildman–Crippen LogP) is 1.30. The molecule has 0 radical (unpaired) electrons. The first kappa shape index (κ1) is 12.1. The molecule has 0 N–H and O–H groups in total. The van der Waals surface area contributed by atoms with Gasteiger partial charge in [-0.1, -0.05) is 0 Å². The van der Waals surface area contributed by atoms with E-state index in [4.69, 9.17) is 0 Å². The van der Waals surface area contributed by atoms with Gasteiger partial charge < -0.3 is 4.90 Å². The van der Waals surface area contributed by atoms with Crippen LogP contribution in [0.25, 0.3) is 5.65 Å². The average Bonchev–Trinajstić information content (AvgIpc) is 2.85. The van der Waals surface area contributed by atoms with Crippen LogP contribution in [0, 0.1) is 5.92 Å². The Hall–Kier alpha value is -1.93. The predicted molar refractivity (Wildman–Crippen MR) is 59.6 cm³/mol. The second-order valence-electron chi connectivity index (χ2n) is 4.54. The van der Waals surface area contributed by atoms with Crippen LogP contribution in [0.15, 0.2) is 12.1 Å². The number of hydrogen-bond donors (Lipinski definition) is 0. The fourth-order valence-corrected chi connectivity index (χ4v) is 2.26. The molecule has 0 amide bonds. The number of hydrogen-bond acceptors (Lipinski definition) is 5. The molecule has 1 fully saturated rings. The summed E-state index contributed by atoms with van der Waals surface area (Å²) in [6.07, 6.45) is -3.48. The van der Waals surface area contributed by atoms with E-state index in [1.165, 1.54) is 4.63 Å².